The summed E-state index contributed by atoms with van der Waals surface area (Å²) in [5.41, 5.74) is 2.76. The van der Waals surface area contributed by atoms with Crippen LogP contribution in [0.2, 0.25) is 0 Å². The lowest BCUT2D eigenvalue weighted by molar-refractivity contribution is -0.135. The minimum atomic E-state index is -0.704. The van der Waals surface area contributed by atoms with Crippen LogP contribution in [0.5, 0.6) is 0 Å². The van der Waals surface area contributed by atoms with Crippen LogP contribution in [0.3, 0.4) is 0 Å². The molecule has 0 N–H and O–H groups in total. The SMILES string of the molecule is CCON=C(CC)C1C(=O)CC2(CCc3ccccc32)CC1=O. The van der Waals surface area contributed by atoms with Gasteiger partial charge in [-0.2, -0.15) is 0 Å². The van der Waals surface area contributed by atoms with Crippen molar-refractivity contribution in [3.63, 3.8) is 0 Å². The summed E-state index contributed by atoms with van der Waals surface area (Å²) in [7, 11) is 0. The second-order valence-electron chi connectivity index (χ2n) is 6.51. The van der Waals surface area contributed by atoms with Crippen molar-refractivity contribution >= 4 is 17.3 Å². The van der Waals surface area contributed by atoms with Crippen molar-refractivity contribution in [2.75, 3.05) is 6.61 Å². The fraction of sp³-hybridized carbons (Fsp3) is 0.526. The average molecular weight is 313 g/mol. The number of aryl methyl sites for hydroxylation is 1. The van der Waals surface area contributed by atoms with E-state index in [1.807, 2.05) is 26.0 Å². The van der Waals surface area contributed by atoms with Gasteiger partial charge in [0.2, 0.25) is 0 Å². The second-order valence-corrected chi connectivity index (χ2v) is 6.51. The highest BCUT2D eigenvalue weighted by Crippen LogP contribution is 2.48. The molecule has 0 amide bonds. The minimum absolute atomic E-state index is 0.00161. The van der Waals surface area contributed by atoms with Crippen molar-refractivity contribution in [1.82, 2.24) is 0 Å². The summed E-state index contributed by atoms with van der Waals surface area (Å²) >= 11 is 0. The molecular formula is C19H23NO3. The van der Waals surface area contributed by atoms with E-state index in [0.717, 1.165) is 12.8 Å². The maximum atomic E-state index is 12.8. The van der Waals surface area contributed by atoms with E-state index < -0.39 is 5.92 Å². The summed E-state index contributed by atoms with van der Waals surface area (Å²) in [5, 5.41) is 4.02. The van der Waals surface area contributed by atoms with Gasteiger partial charge in [-0.3, -0.25) is 9.59 Å². The van der Waals surface area contributed by atoms with Gasteiger partial charge in [0.15, 0.2) is 0 Å². The average Bonchev–Trinajstić information content (AvgIpc) is 2.88. The van der Waals surface area contributed by atoms with Crippen molar-refractivity contribution in [3.05, 3.63) is 35.4 Å². The molecule has 3 rings (SSSR count). The van der Waals surface area contributed by atoms with Gasteiger partial charge in [0.25, 0.3) is 0 Å². The highest BCUT2D eigenvalue weighted by molar-refractivity contribution is 6.22. The molecule has 0 saturated heterocycles. The van der Waals surface area contributed by atoms with Gasteiger partial charge in [0, 0.05) is 18.3 Å². The van der Waals surface area contributed by atoms with Gasteiger partial charge in [-0.05, 0) is 37.3 Å². The summed E-state index contributed by atoms with van der Waals surface area (Å²) in [6.45, 7) is 4.19. The van der Waals surface area contributed by atoms with E-state index in [9.17, 15) is 9.59 Å². The smallest absolute Gasteiger partial charge is 0.150 e. The second kappa shape index (κ2) is 6.26. The summed E-state index contributed by atoms with van der Waals surface area (Å²) < 4.78 is 0. The van der Waals surface area contributed by atoms with Crippen LogP contribution in [-0.2, 0) is 26.3 Å². The number of carbonyl (C=O) groups excluding carboxylic acids is 2. The fourth-order valence-corrected chi connectivity index (χ4v) is 4.09. The number of Topliss-reactive ketones (excluding diaryl/α,β-unsaturated/α-hetero) is 2. The van der Waals surface area contributed by atoms with Gasteiger partial charge < -0.3 is 4.84 Å². The zero-order chi connectivity index (χ0) is 16.4. The molecule has 1 fully saturated rings. The van der Waals surface area contributed by atoms with Crippen LogP contribution in [0.15, 0.2) is 29.4 Å². The standard InChI is InChI=1S/C19H23NO3/c1-3-15(20-23-4-2)18-16(21)11-19(12-17(18)22)10-9-13-7-5-6-8-14(13)19/h5-8,18H,3-4,9-12H2,1-2H3. The number of fused-ring (bicyclic) bond motifs is 2. The Morgan fingerprint density at radius 2 is 1.91 bits per heavy atom. The first-order chi connectivity index (χ1) is 11.1. The van der Waals surface area contributed by atoms with Crippen LogP contribution in [0.1, 0.15) is 50.7 Å². The van der Waals surface area contributed by atoms with Gasteiger partial charge in [-0.25, -0.2) is 0 Å². The Labute approximate surface area is 136 Å². The molecule has 4 heteroatoms. The van der Waals surface area contributed by atoms with Gasteiger partial charge in [-0.1, -0.05) is 36.3 Å². The Kier molecular flexibility index (Phi) is 4.33. The van der Waals surface area contributed by atoms with Crippen molar-refractivity contribution in [2.45, 2.75) is 51.4 Å². The van der Waals surface area contributed by atoms with Crippen LogP contribution >= 0.6 is 0 Å². The first kappa shape index (κ1) is 15.9. The van der Waals surface area contributed by atoms with Crippen molar-refractivity contribution in [2.24, 2.45) is 11.1 Å². The first-order valence-corrected chi connectivity index (χ1v) is 8.44. The Morgan fingerprint density at radius 1 is 1.22 bits per heavy atom. The number of rotatable bonds is 4. The summed E-state index contributed by atoms with van der Waals surface area (Å²) in [6.07, 6.45) is 3.28. The number of nitrogens with zero attached hydrogens (tertiary/aromatic N) is 1. The Morgan fingerprint density at radius 3 is 2.57 bits per heavy atom. The third-order valence-electron chi connectivity index (χ3n) is 5.14. The first-order valence-electron chi connectivity index (χ1n) is 8.44. The molecule has 0 atom stereocenters. The quantitative estimate of drug-likeness (QED) is 0.487. The van der Waals surface area contributed by atoms with E-state index in [1.165, 1.54) is 11.1 Å². The van der Waals surface area contributed by atoms with Gasteiger partial charge in [0.05, 0.1) is 5.71 Å². The van der Waals surface area contributed by atoms with E-state index in [-0.39, 0.29) is 17.0 Å². The highest BCUT2D eigenvalue weighted by Gasteiger charge is 2.49. The molecular weight excluding hydrogens is 290 g/mol. The molecule has 4 nitrogen and oxygen atoms in total. The third kappa shape index (κ3) is 2.71. The van der Waals surface area contributed by atoms with Crippen LogP contribution < -0.4 is 0 Å². The monoisotopic (exact) mass is 313 g/mol. The normalized spacial score (nSPS) is 27.4. The third-order valence-corrected chi connectivity index (χ3v) is 5.14. The molecule has 0 heterocycles. The van der Waals surface area contributed by atoms with E-state index in [2.05, 4.69) is 17.3 Å². The minimum Gasteiger partial charge on any atom is -0.396 e. The molecule has 0 aliphatic heterocycles. The lowest BCUT2D eigenvalue weighted by Crippen LogP contribution is -2.45. The zero-order valence-corrected chi connectivity index (χ0v) is 13.8. The fourth-order valence-electron chi connectivity index (χ4n) is 4.09. The molecule has 0 unspecified atom stereocenters. The van der Waals surface area contributed by atoms with Crippen LogP contribution in [-0.4, -0.2) is 23.9 Å². The maximum absolute atomic E-state index is 12.8. The zero-order valence-electron chi connectivity index (χ0n) is 13.8. The predicted octanol–water partition coefficient (Wildman–Crippen LogP) is 3.22. The number of benzene rings is 1. The molecule has 2 aliphatic carbocycles. The van der Waals surface area contributed by atoms with Gasteiger partial charge in [-0.15, -0.1) is 0 Å². The van der Waals surface area contributed by atoms with Gasteiger partial charge in [0.1, 0.15) is 24.1 Å². The van der Waals surface area contributed by atoms with Crippen molar-refractivity contribution in [1.29, 1.82) is 0 Å². The number of oxime groups is 1. The summed E-state index contributed by atoms with van der Waals surface area (Å²) in [4.78, 5) is 30.7. The van der Waals surface area contributed by atoms with E-state index in [0.29, 0.717) is 31.6 Å². The Hall–Kier alpha value is -1.97. The molecule has 23 heavy (non-hydrogen) atoms. The lowest BCUT2D eigenvalue weighted by Gasteiger charge is -2.36. The molecule has 1 spiro atoms. The summed E-state index contributed by atoms with van der Waals surface area (Å²) in [6, 6.07) is 8.22. The number of ketones is 2. The van der Waals surface area contributed by atoms with E-state index in [4.69, 9.17) is 4.84 Å². The van der Waals surface area contributed by atoms with Crippen LogP contribution in [0.25, 0.3) is 0 Å². The largest absolute Gasteiger partial charge is 0.396 e. The van der Waals surface area contributed by atoms with Crippen LogP contribution in [0, 0.1) is 5.92 Å². The number of hydrogen-bond acceptors (Lipinski definition) is 4. The van der Waals surface area contributed by atoms with E-state index >= 15 is 0 Å². The molecule has 1 aromatic rings. The lowest BCUT2D eigenvalue weighted by atomic mass is 9.65. The predicted molar refractivity (Wildman–Crippen MR) is 88.5 cm³/mol. The van der Waals surface area contributed by atoms with Crippen molar-refractivity contribution < 1.29 is 14.4 Å². The summed E-state index contributed by atoms with van der Waals surface area (Å²) in [5.74, 6) is -0.707. The topological polar surface area (TPSA) is 55.7 Å². The van der Waals surface area contributed by atoms with Gasteiger partial charge >= 0.3 is 0 Å². The maximum Gasteiger partial charge on any atom is 0.150 e. The van der Waals surface area contributed by atoms with E-state index in [1.54, 1.807) is 0 Å². The van der Waals surface area contributed by atoms with Crippen molar-refractivity contribution in [3.8, 4) is 0 Å². The Balaban J connectivity index is 1.89. The molecule has 2 aliphatic rings. The molecule has 1 aromatic carbocycles. The molecule has 0 bridgehead atoms. The molecule has 1 saturated carbocycles. The number of carbonyl (C=O) groups is 2. The van der Waals surface area contributed by atoms with Crippen LogP contribution in [0.4, 0.5) is 0 Å². The highest BCUT2D eigenvalue weighted by atomic mass is 16.6. The molecule has 122 valence electrons. The molecule has 0 radical (unpaired) electrons. The molecule has 0 aromatic heterocycles. The Bertz CT molecular complexity index is 644. The number of hydrogen-bond donors (Lipinski definition) is 0.